The van der Waals surface area contributed by atoms with Crippen molar-refractivity contribution in [2.75, 3.05) is 0 Å². The fourth-order valence-electron chi connectivity index (χ4n) is 0.851. The van der Waals surface area contributed by atoms with Crippen LogP contribution in [0.2, 0.25) is 0 Å². The van der Waals surface area contributed by atoms with E-state index in [1.165, 1.54) is 12.1 Å². The van der Waals surface area contributed by atoms with Crippen LogP contribution < -0.4 is 10.3 Å². The zero-order chi connectivity index (χ0) is 13.8. The monoisotopic (exact) mass is 326 g/mol. The lowest BCUT2D eigenvalue weighted by Gasteiger charge is -1.86. The van der Waals surface area contributed by atoms with Crippen LogP contribution >= 0.6 is 22.7 Å². The highest BCUT2D eigenvalue weighted by molar-refractivity contribution is 7.91. The van der Waals surface area contributed by atoms with Gasteiger partial charge in [-0.05, 0) is 22.9 Å². The molecule has 0 radical (unpaired) electrons. The molecule has 100 valence electrons. The molecule has 0 unspecified atom stereocenters. The van der Waals surface area contributed by atoms with Crippen molar-refractivity contribution in [2.24, 2.45) is 10.3 Å². The third-order valence-corrected chi connectivity index (χ3v) is 6.24. The van der Waals surface area contributed by atoms with Gasteiger partial charge < -0.3 is 0 Å². The van der Waals surface area contributed by atoms with Crippen molar-refractivity contribution in [1.29, 1.82) is 0 Å². The number of rotatable bonds is 2. The minimum absolute atomic E-state index is 0.211. The van der Waals surface area contributed by atoms with Gasteiger partial charge in [0.05, 0.1) is 0 Å². The summed E-state index contributed by atoms with van der Waals surface area (Å²) in [4.78, 5) is 0. The van der Waals surface area contributed by atoms with Crippen molar-refractivity contribution in [3.05, 3.63) is 35.0 Å². The third-order valence-electron chi connectivity index (χ3n) is 1.55. The summed E-state index contributed by atoms with van der Waals surface area (Å²) in [6.07, 6.45) is 0. The van der Waals surface area contributed by atoms with Crippen LogP contribution in [0.4, 0.5) is 0 Å². The zero-order valence-electron chi connectivity index (χ0n) is 8.88. The van der Waals surface area contributed by atoms with Gasteiger partial charge in [-0.2, -0.15) is 0 Å². The topological polar surface area (TPSA) is 120 Å². The molecule has 2 heterocycles. The summed E-state index contributed by atoms with van der Waals surface area (Å²) in [5.41, 5.74) is 0. The van der Waals surface area contributed by atoms with Crippen LogP contribution in [-0.4, -0.2) is 16.8 Å². The Labute approximate surface area is 113 Å². The molecule has 18 heavy (non-hydrogen) atoms. The first kappa shape index (κ1) is 15.3. The van der Waals surface area contributed by atoms with E-state index >= 15 is 0 Å². The molecule has 2 rings (SSSR count). The fraction of sp³-hybridized carbons (Fsp3) is 0. The largest absolute Gasteiger partial charge is 0.247 e. The quantitative estimate of drug-likeness (QED) is 0.847. The molecule has 2 aromatic rings. The van der Waals surface area contributed by atoms with Crippen molar-refractivity contribution in [1.82, 2.24) is 0 Å². The van der Waals surface area contributed by atoms with Crippen molar-refractivity contribution in [2.45, 2.75) is 8.42 Å². The molecule has 0 fully saturated rings. The molecular weight excluding hydrogens is 316 g/mol. The first-order chi connectivity index (χ1) is 8.21. The lowest BCUT2D eigenvalue weighted by atomic mass is 10.7. The second-order valence-corrected chi connectivity index (χ2v) is 8.43. The summed E-state index contributed by atoms with van der Waals surface area (Å²) >= 11 is 2.23. The fourth-order valence-corrected chi connectivity index (χ4v) is 3.69. The van der Waals surface area contributed by atoms with E-state index < -0.39 is 20.0 Å². The van der Waals surface area contributed by atoms with Crippen LogP contribution in [-0.2, 0) is 20.0 Å². The first-order valence-corrected chi connectivity index (χ1v) is 9.19. The van der Waals surface area contributed by atoms with Crippen LogP contribution in [0.5, 0.6) is 0 Å². The molecule has 0 aliphatic heterocycles. The van der Waals surface area contributed by atoms with Gasteiger partial charge in [-0.25, -0.2) is 27.1 Å². The zero-order valence-corrected chi connectivity index (χ0v) is 12.2. The number of sulfonamides is 2. The number of primary sulfonamides is 2. The van der Waals surface area contributed by atoms with E-state index in [2.05, 4.69) is 0 Å². The molecule has 0 saturated carbocycles. The molecule has 0 saturated heterocycles. The summed E-state index contributed by atoms with van der Waals surface area (Å²) in [6, 6.07) is 6.23. The van der Waals surface area contributed by atoms with Gasteiger partial charge in [0.15, 0.2) is 0 Å². The summed E-state index contributed by atoms with van der Waals surface area (Å²) in [6.45, 7) is 0. The van der Waals surface area contributed by atoms with Crippen LogP contribution in [0.25, 0.3) is 0 Å². The summed E-state index contributed by atoms with van der Waals surface area (Å²) < 4.78 is 42.4. The average molecular weight is 326 g/mol. The second-order valence-electron chi connectivity index (χ2n) is 2.95. The Morgan fingerprint density at radius 1 is 0.778 bits per heavy atom. The molecule has 0 bridgehead atoms. The molecule has 6 nitrogen and oxygen atoms in total. The predicted octanol–water partition coefficient (Wildman–Crippen LogP) is 0.791. The minimum atomic E-state index is -3.44. The van der Waals surface area contributed by atoms with Gasteiger partial charge >= 0.3 is 0 Å². The highest BCUT2D eigenvalue weighted by Gasteiger charge is 2.06. The summed E-state index contributed by atoms with van der Waals surface area (Å²) in [7, 11) is -6.88. The van der Waals surface area contributed by atoms with E-state index in [9.17, 15) is 16.8 Å². The molecular formula is C8H10N2O4S4. The molecule has 0 amide bonds. The lowest BCUT2D eigenvalue weighted by Crippen LogP contribution is -2.09. The lowest BCUT2D eigenvalue weighted by molar-refractivity contribution is 0.598. The Kier molecular flexibility index (Phi) is 5.01. The highest BCUT2D eigenvalue weighted by Crippen LogP contribution is 2.13. The first-order valence-electron chi connectivity index (χ1n) is 4.34. The Hall–Kier alpha value is -0.780. The summed E-state index contributed by atoms with van der Waals surface area (Å²) in [5, 5.41) is 12.9. The second kappa shape index (κ2) is 5.91. The standard InChI is InChI=1S/2C4H5NO2S2/c2*5-9(6,7)4-2-1-3-8-4/h2*1-3H,(H2,5,6,7). The van der Waals surface area contributed by atoms with E-state index in [0.717, 1.165) is 22.7 Å². The van der Waals surface area contributed by atoms with E-state index in [4.69, 9.17) is 10.3 Å². The van der Waals surface area contributed by atoms with Gasteiger partial charge in [0.1, 0.15) is 8.42 Å². The van der Waals surface area contributed by atoms with Gasteiger partial charge in [-0.15, -0.1) is 22.7 Å². The normalized spacial score (nSPS) is 11.7. The maximum atomic E-state index is 10.5. The molecule has 10 heteroatoms. The molecule has 0 aliphatic carbocycles. The Balaban J connectivity index is 0.000000180. The van der Waals surface area contributed by atoms with Crippen molar-refractivity contribution >= 4 is 42.7 Å². The molecule has 0 aliphatic rings. The van der Waals surface area contributed by atoms with Crippen molar-refractivity contribution < 1.29 is 16.8 Å². The maximum absolute atomic E-state index is 10.5. The van der Waals surface area contributed by atoms with Gasteiger partial charge in [0, 0.05) is 0 Å². The molecule has 0 atom stereocenters. The Bertz CT molecular complexity index is 609. The number of thiophene rings is 2. The number of hydrogen-bond donors (Lipinski definition) is 2. The molecule has 0 spiro atoms. The smallest absolute Gasteiger partial charge is 0.224 e. The van der Waals surface area contributed by atoms with Gasteiger partial charge in [0.2, 0.25) is 20.0 Å². The minimum Gasteiger partial charge on any atom is -0.224 e. The number of nitrogens with two attached hydrogens (primary N) is 2. The van der Waals surface area contributed by atoms with Gasteiger partial charge in [0.25, 0.3) is 0 Å². The SMILES string of the molecule is NS(=O)(=O)c1cccs1.NS(=O)(=O)c1cccs1. The average Bonchev–Trinajstić information content (AvgIpc) is 2.91. The van der Waals surface area contributed by atoms with Crippen LogP contribution in [0, 0.1) is 0 Å². The third kappa shape index (κ3) is 4.84. The highest BCUT2D eigenvalue weighted by atomic mass is 32.3. The van der Waals surface area contributed by atoms with E-state index in [-0.39, 0.29) is 8.42 Å². The molecule has 2 aromatic heterocycles. The summed E-state index contributed by atoms with van der Waals surface area (Å²) in [5.74, 6) is 0. The van der Waals surface area contributed by atoms with Crippen LogP contribution in [0.3, 0.4) is 0 Å². The predicted molar refractivity (Wildman–Crippen MR) is 71.4 cm³/mol. The molecule has 0 aromatic carbocycles. The van der Waals surface area contributed by atoms with Gasteiger partial charge in [-0.1, -0.05) is 12.1 Å². The Morgan fingerprint density at radius 3 is 1.22 bits per heavy atom. The van der Waals surface area contributed by atoms with Crippen LogP contribution in [0.15, 0.2) is 43.4 Å². The van der Waals surface area contributed by atoms with E-state index in [1.807, 2.05) is 0 Å². The van der Waals surface area contributed by atoms with Crippen molar-refractivity contribution in [3.8, 4) is 0 Å². The van der Waals surface area contributed by atoms with Crippen molar-refractivity contribution in [3.63, 3.8) is 0 Å². The number of hydrogen-bond acceptors (Lipinski definition) is 6. The van der Waals surface area contributed by atoms with E-state index in [0.29, 0.717) is 0 Å². The Morgan fingerprint density at radius 2 is 1.11 bits per heavy atom. The van der Waals surface area contributed by atoms with Gasteiger partial charge in [-0.3, -0.25) is 0 Å². The maximum Gasteiger partial charge on any atom is 0.247 e. The molecule has 4 N–H and O–H groups in total. The van der Waals surface area contributed by atoms with E-state index in [1.54, 1.807) is 22.9 Å². The van der Waals surface area contributed by atoms with Crippen LogP contribution in [0.1, 0.15) is 0 Å².